The average Bonchev–Trinajstić information content (AvgIpc) is 2.95. The SMILES string of the molecule is COc1ncc(-c2ccc3ncnc(N4CCN(C(=O)OC(C)(C)C)CC4)c3n2)cc1NS(=O)(=O)c1ccc(F)cc1Cl. The zero-order valence-electron chi connectivity index (χ0n) is 23.8. The van der Waals surface area contributed by atoms with Gasteiger partial charge in [-0.15, -0.1) is 0 Å². The molecule has 1 saturated heterocycles. The molecule has 1 aromatic carbocycles. The molecule has 1 aliphatic rings. The lowest BCUT2D eigenvalue weighted by atomic mass is 10.1. The fourth-order valence-corrected chi connectivity index (χ4v) is 6.05. The number of methoxy groups -OCH3 is 1. The lowest BCUT2D eigenvalue weighted by Gasteiger charge is -2.36. The van der Waals surface area contributed by atoms with Crippen molar-refractivity contribution in [2.45, 2.75) is 31.3 Å². The molecular weight excluding hydrogens is 601 g/mol. The van der Waals surface area contributed by atoms with E-state index in [1.54, 1.807) is 17.0 Å². The number of aromatic nitrogens is 4. The fourth-order valence-electron chi connectivity index (χ4n) is 4.47. The van der Waals surface area contributed by atoms with Crippen LogP contribution in [0, 0.1) is 5.82 Å². The Kier molecular flexibility index (Phi) is 8.25. The molecule has 0 saturated carbocycles. The Balaban J connectivity index is 1.43. The monoisotopic (exact) mass is 629 g/mol. The smallest absolute Gasteiger partial charge is 0.410 e. The largest absolute Gasteiger partial charge is 0.480 e. The van der Waals surface area contributed by atoms with Crippen LogP contribution >= 0.6 is 11.6 Å². The number of benzene rings is 1. The van der Waals surface area contributed by atoms with Gasteiger partial charge in [-0.25, -0.2) is 37.5 Å². The minimum atomic E-state index is -4.22. The molecule has 1 amide bonds. The number of piperazine rings is 1. The third-order valence-corrected chi connectivity index (χ3v) is 8.31. The van der Waals surface area contributed by atoms with Crippen molar-refractivity contribution in [3.05, 3.63) is 59.8 Å². The highest BCUT2D eigenvalue weighted by molar-refractivity contribution is 7.92. The second-order valence-corrected chi connectivity index (χ2v) is 12.7. The number of carbonyl (C=O) groups excluding carboxylic acids is 1. The second-order valence-electron chi connectivity index (χ2n) is 10.7. The molecule has 4 aromatic rings. The summed E-state index contributed by atoms with van der Waals surface area (Å²) >= 11 is 6.01. The zero-order chi connectivity index (χ0) is 30.9. The number of hydrogen-bond acceptors (Lipinski definition) is 10. The van der Waals surface area contributed by atoms with Crippen molar-refractivity contribution in [1.29, 1.82) is 0 Å². The molecule has 0 bridgehead atoms. The van der Waals surface area contributed by atoms with Crippen molar-refractivity contribution in [3.8, 4) is 17.1 Å². The van der Waals surface area contributed by atoms with Crippen LogP contribution in [0.3, 0.4) is 0 Å². The molecule has 43 heavy (non-hydrogen) atoms. The molecule has 226 valence electrons. The highest BCUT2D eigenvalue weighted by atomic mass is 35.5. The summed E-state index contributed by atoms with van der Waals surface area (Å²) in [5.74, 6) is -0.0527. The van der Waals surface area contributed by atoms with E-state index < -0.39 is 21.4 Å². The summed E-state index contributed by atoms with van der Waals surface area (Å²) < 4.78 is 52.9. The van der Waals surface area contributed by atoms with E-state index in [0.29, 0.717) is 54.3 Å². The Morgan fingerprint density at radius 3 is 2.47 bits per heavy atom. The van der Waals surface area contributed by atoms with E-state index in [1.165, 1.54) is 25.7 Å². The van der Waals surface area contributed by atoms with Crippen molar-refractivity contribution in [1.82, 2.24) is 24.8 Å². The van der Waals surface area contributed by atoms with E-state index in [-0.39, 0.29) is 27.6 Å². The van der Waals surface area contributed by atoms with Crippen LogP contribution in [0.25, 0.3) is 22.3 Å². The van der Waals surface area contributed by atoms with Crippen LogP contribution in [-0.4, -0.2) is 78.2 Å². The van der Waals surface area contributed by atoms with E-state index >= 15 is 0 Å². The maximum atomic E-state index is 13.5. The zero-order valence-corrected chi connectivity index (χ0v) is 25.4. The summed E-state index contributed by atoms with van der Waals surface area (Å²) in [4.78, 5) is 33.8. The Hall–Kier alpha value is -4.30. The van der Waals surface area contributed by atoms with E-state index in [4.69, 9.17) is 26.1 Å². The Morgan fingerprint density at radius 1 is 1.05 bits per heavy atom. The highest BCUT2D eigenvalue weighted by Crippen LogP contribution is 2.33. The van der Waals surface area contributed by atoms with Crippen molar-refractivity contribution in [3.63, 3.8) is 0 Å². The minimum Gasteiger partial charge on any atom is -0.480 e. The number of sulfonamides is 1. The van der Waals surface area contributed by atoms with Crippen LogP contribution in [0.5, 0.6) is 5.88 Å². The molecule has 5 rings (SSSR count). The predicted octanol–water partition coefficient (Wildman–Crippen LogP) is 4.75. The standard InChI is InChI=1S/C28H29ClFN7O5S/c1-28(2,3)42-27(38)37-11-9-36(10-12-37)25-24-21(32-16-33-25)7-6-20(34-24)17-13-22(26(41-4)31-15-17)35-43(39,40)23-8-5-18(30)14-19(23)29/h5-8,13-16,35H,9-12H2,1-4H3. The van der Waals surface area contributed by atoms with Crippen LogP contribution in [0.1, 0.15) is 20.8 Å². The van der Waals surface area contributed by atoms with Gasteiger partial charge in [0.15, 0.2) is 5.82 Å². The molecule has 12 nitrogen and oxygen atoms in total. The second kappa shape index (κ2) is 11.8. The molecule has 4 heterocycles. The van der Waals surface area contributed by atoms with Crippen LogP contribution < -0.4 is 14.4 Å². The Labute approximate surface area is 252 Å². The first-order valence-electron chi connectivity index (χ1n) is 13.2. The van der Waals surface area contributed by atoms with E-state index in [0.717, 1.165) is 18.2 Å². The summed E-state index contributed by atoms with van der Waals surface area (Å²) in [6.45, 7) is 7.41. The Morgan fingerprint density at radius 2 is 1.79 bits per heavy atom. The highest BCUT2D eigenvalue weighted by Gasteiger charge is 2.28. The van der Waals surface area contributed by atoms with Gasteiger partial charge in [-0.05, 0) is 57.2 Å². The normalized spacial score (nSPS) is 14.1. The van der Waals surface area contributed by atoms with Crippen molar-refractivity contribution < 1.29 is 27.1 Å². The topological polar surface area (TPSA) is 140 Å². The maximum Gasteiger partial charge on any atom is 0.410 e. The number of nitrogens with one attached hydrogen (secondary N) is 1. The summed E-state index contributed by atoms with van der Waals surface area (Å²) in [7, 11) is -2.87. The number of carbonyl (C=O) groups is 1. The number of nitrogens with zero attached hydrogens (tertiary/aromatic N) is 6. The molecule has 1 N–H and O–H groups in total. The van der Waals surface area contributed by atoms with Gasteiger partial charge < -0.3 is 19.3 Å². The first-order chi connectivity index (χ1) is 20.3. The molecule has 0 aliphatic carbocycles. The predicted molar refractivity (Wildman–Crippen MR) is 159 cm³/mol. The van der Waals surface area contributed by atoms with Gasteiger partial charge in [0, 0.05) is 37.9 Å². The van der Waals surface area contributed by atoms with Gasteiger partial charge in [0.05, 0.1) is 23.3 Å². The molecular formula is C28H29ClFN7O5S. The maximum absolute atomic E-state index is 13.5. The van der Waals surface area contributed by atoms with Gasteiger partial charge >= 0.3 is 6.09 Å². The third kappa shape index (κ3) is 6.70. The molecule has 3 aromatic heterocycles. The number of pyridine rings is 2. The van der Waals surface area contributed by atoms with Crippen LogP contribution in [-0.2, 0) is 14.8 Å². The third-order valence-electron chi connectivity index (χ3n) is 6.46. The number of hydrogen-bond donors (Lipinski definition) is 1. The molecule has 15 heteroatoms. The van der Waals surface area contributed by atoms with Gasteiger partial charge in [0.25, 0.3) is 10.0 Å². The quantitative estimate of drug-likeness (QED) is 0.318. The first-order valence-corrected chi connectivity index (χ1v) is 15.1. The number of anilines is 2. The number of fused-ring (bicyclic) bond motifs is 1. The number of ether oxygens (including phenoxy) is 2. The van der Waals surface area contributed by atoms with Gasteiger partial charge in [-0.3, -0.25) is 4.72 Å². The molecule has 1 fully saturated rings. The van der Waals surface area contributed by atoms with Gasteiger partial charge in [0.1, 0.15) is 33.8 Å². The van der Waals surface area contributed by atoms with Crippen molar-refractivity contribution in [2.75, 3.05) is 42.9 Å². The average molecular weight is 630 g/mol. The number of rotatable bonds is 6. The first kappa shape index (κ1) is 30.2. The van der Waals surface area contributed by atoms with Gasteiger partial charge in [-0.1, -0.05) is 11.6 Å². The van der Waals surface area contributed by atoms with E-state index in [9.17, 15) is 17.6 Å². The van der Waals surface area contributed by atoms with E-state index in [1.807, 2.05) is 25.7 Å². The van der Waals surface area contributed by atoms with Crippen LogP contribution in [0.4, 0.5) is 20.7 Å². The summed E-state index contributed by atoms with van der Waals surface area (Å²) in [6, 6.07) is 8.03. The fraction of sp³-hybridized carbons (Fsp3) is 0.321. The molecule has 1 aliphatic heterocycles. The van der Waals surface area contributed by atoms with Crippen molar-refractivity contribution in [2.24, 2.45) is 0 Å². The van der Waals surface area contributed by atoms with Crippen molar-refractivity contribution >= 4 is 50.3 Å². The lowest BCUT2D eigenvalue weighted by Crippen LogP contribution is -2.50. The minimum absolute atomic E-state index is 0.0122. The molecule has 0 atom stereocenters. The summed E-state index contributed by atoms with van der Waals surface area (Å²) in [5.41, 5.74) is 1.55. The Bertz CT molecular complexity index is 1790. The number of amides is 1. The van der Waals surface area contributed by atoms with E-state index in [2.05, 4.69) is 19.7 Å². The van der Waals surface area contributed by atoms with Crippen LogP contribution in [0.15, 0.2) is 53.8 Å². The van der Waals surface area contributed by atoms with Gasteiger partial charge in [-0.2, -0.15) is 0 Å². The molecule has 0 radical (unpaired) electrons. The van der Waals surface area contributed by atoms with Gasteiger partial charge in [0.2, 0.25) is 5.88 Å². The summed E-state index contributed by atoms with van der Waals surface area (Å²) in [6.07, 6.45) is 2.60. The lowest BCUT2D eigenvalue weighted by molar-refractivity contribution is 0.0240. The molecule has 0 unspecified atom stereocenters. The summed E-state index contributed by atoms with van der Waals surface area (Å²) in [5, 5.41) is -0.272. The molecule has 0 spiro atoms. The van der Waals surface area contributed by atoms with Crippen LogP contribution in [0.2, 0.25) is 5.02 Å². The number of halogens is 2.